The molecule has 0 saturated carbocycles. The van der Waals surface area contributed by atoms with Gasteiger partial charge in [0.1, 0.15) is 11.6 Å². The molecule has 0 fully saturated rings. The van der Waals surface area contributed by atoms with Gasteiger partial charge in [-0.2, -0.15) is 0 Å². The number of nitrogens with zero attached hydrogens (tertiary/aromatic N) is 3. The number of fused-ring (bicyclic) bond motifs is 1. The Balaban J connectivity index is 0.000000375. The van der Waals surface area contributed by atoms with Crippen LogP contribution >= 0.6 is 0 Å². The number of ketones is 1. The summed E-state index contributed by atoms with van der Waals surface area (Å²) in [4.78, 5) is 31.6. The number of aryl methyl sites for hydroxylation is 1. The van der Waals surface area contributed by atoms with Crippen molar-refractivity contribution < 1.29 is 9.59 Å². The van der Waals surface area contributed by atoms with Gasteiger partial charge >= 0.3 is 0 Å². The highest BCUT2D eigenvalue weighted by atomic mass is 16.1. The number of Topliss-reactive ketones (excluding diaryl/α,β-unsaturated/α-hetero) is 1. The first-order chi connectivity index (χ1) is 11.4. The van der Waals surface area contributed by atoms with Gasteiger partial charge in [-0.25, -0.2) is 15.0 Å². The molecule has 6 heteroatoms. The minimum atomic E-state index is 0. The summed E-state index contributed by atoms with van der Waals surface area (Å²) in [5.41, 5.74) is 7.57. The molecule has 0 aliphatic heterocycles. The summed E-state index contributed by atoms with van der Waals surface area (Å²) in [6.45, 7) is 5.02. The fourth-order valence-corrected chi connectivity index (χ4v) is 1.58. The van der Waals surface area contributed by atoms with Gasteiger partial charge in [0.05, 0.1) is 5.56 Å². The van der Waals surface area contributed by atoms with E-state index < -0.39 is 0 Å². The third kappa shape index (κ3) is 8.31. The van der Waals surface area contributed by atoms with E-state index in [1.54, 1.807) is 24.5 Å². The molecule has 0 aliphatic carbocycles. The van der Waals surface area contributed by atoms with Crippen LogP contribution in [0.3, 0.4) is 0 Å². The van der Waals surface area contributed by atoms with Crippen molar-refractivity contribution >= 4 is 28.9 Å². The van der Waals surface area contributed by atoms with Crippen molar-refractivity contribution in [3.8, 4) is 0 Å². The van der Waals surface area contributed by atoms with Crippen LogP contribution in [-0.2, 0) is 4.79 Å². The minimum absolute atomic E-state index is 0. The fourth-order valence-electron chi connectivity index (χ4n) is 1.58. The standard InChI is InChI=1S/C9H8N2.C6H6N2O.C3H6O.CH4/c1-7-4-5-8-3-2-6-10-9(8)11-7;7-6-5(4-9)2-1-3-8-6;1-3(2)4;/h2-6H,1H3;1-4H,(H2,7,8);1-2H3;1H4. The number of anilines is 1. The second-order valence-corrected chi connectivity index (χ2v) is 5.01. The van der Waals surface area contributed by atoms with Gasteiger partial charge < -0.3 is 10.5 Å². The quantitative estimate of drug-likeness (QED) is 0.679. The molecule has 25 heavy (non-hydrogen) atoms. The van der Waals surface area contributed by atoms with Crippen LogP contribution in [0.1, 0.15) is 37.3 Å². The summed E-state index contributed by atoms with van der Waals surface area (Å²) >= 11 is 0. The van der Waals surface area contributed by atoms with Gasteiger partial charge in [-0.3, -0.25) is 4.79 Å². The van der Waals surface area contributed by atoms with Gasteiger partial charge in [0.15, 0.2) is 11.9 Å². The SMILES string of the molecule is C.CC(C)=O.Cc1ccc2cccnc2n1.Nc1ncccc1C=O. The Bertz CT molecular complexity index is 815. The average Bonchev–Trinajstić information content (AvgIpc) is 2.55. The number of rotatable bonds is 1. The molecular formula is C19H24N4O2. The van der Waals surface area contributed by atoms with Gasteiger partial charge in [-0.15, -0.1) is 0 Å². The predicted molar refractivity (Wildman–Crippen MR) is 101 cm³/mol. The summed E-state index contributed by atoms with van der Waals surface area (Å²) < 4.78 is 0. The number of aldehydes is 1. The van der Waals surface area contributed by atoms with Crippen LogP contribution in [0.4, 0.5) is 5.82 Å². The maximum atomic E-state index is 10.1. The monoisotopic (exact) mass is 340 g/mol. The van der Waals surface area contributed by atoms with Crippen LogP contribution in [-0.4, -0.2) is 27.0 Å². The molecule has 3 rings (SSSR count). The van der Waals surface area contributed by atoms with Crippen LogP contribution in [0.2, 0.25) is 0 Å². The first kappa shape index (κ1) is 21.9. The largest absolute Gasteiger partial charge is 0.383 e. The van der Waals surface area contributed by atoms with Crippen molar-refractivity contribution in [1.82, 2.24) is 15.0 Å². The summed E-state index contributed by atoms with van der Waals surface area (Å²) in [7, 11) is 0. The van der Waals surface area contributed by atoms with Gasteiger partial charge in [-0.1, -0.05) is 7.43 Å². The molecule has 0 amide bonds. The number of hydrogen-bond donors (Lipinski definition) is 1. The molecule has 0 aromatic carbocycles. The normalized spacial score (nSPS) is 8.76. The molecule has 3 aromatic rings. The first-order valence-electron chi connectivity index (χ1n) is 7.25. The van der Waals surface area contributed by atoms with Crippen LogP contribution in [0.25, 0.3) is 11.0 Å². The van der Waals surface area contributed by atoms with Gasteiger partial charge in [-0.05, 0) is 57.2 Å². The molecule has 3 aromatic heterocycles. The predicted octanol–water partition coefficient (Wildman–Crippen LogP) is 3.65. The lowest BCUT2D eigenvalue weighted by Crippen LogP contribution is -1.94. The van der Waals surface area contributed by atoms with Crippen molar-refractivity contribution in [1.29, 1.82) is 0 Å². The van der Waals surface area contributed by atoms with Gasteiger partial charge in [0.2, 0.25) is 0 Å². The highest BCUT2D eigenvalue weighted by Gasteiger charge is 1.93. The van der Waals surface area contributed by atoms with E-state index >= 15 is 0 Å². The molecule has 0 spiro atoms. The fraction of sp³-hybridized carbons (Fsp3) is 0.211. The lowest BCUT2D eigenvalue weighted by molar-refractivity contribution is -0.114. The number of hydrogen-bond acceptors (Lipinski definition) is 6. The van der Waals surface area contributed by atoms with E-state index in [2.05, 4.69) is 15.0 Å². The molecule has 0 unspecified atom stereocenters. The van der Waals surface area contributed by atoms with E-state index in [1.807, 2.05) is 31.2 Å². The number of nitrogen functional groups attached to an aromatic ring is 1. The third-order valence-corrected chi connectivity index (χ3v) is 2.60. The number of carbonyl (C=O) groups excluding carboxylic acids is 2. The molecule has 0 radical (unpaired) electrons. The second kappa shape index (κ2) is 11.4. The van der Waals surface area contributed by atoms with Gasteiger partial charge in [0, 0.05) is 23.5 Å². The van der Waals surface area contributed by atoms with E-state index in [0.717, 1.165) is 16.7 Å². The Morgan fingerprint density at radius 1 is 1.04 bits per heavy atom. The number of nitrogens with two attached hydrogens (primary N) is 1. The molecule has 0 saturated heterocycles. The summed E-state index contributed by atoms with van der Waals surface area (Å²) in [6.07, 6.45) is 3.99. The molecule has 6 nitrogen and oxygen atoms in total. The van der Waals surface area contributed by atoms with Crippen molar-refractivity contribution in [3.05, 3.63) is 60.0 Å². The van der Waals surface area contributed by atoms with Gasteiger partial charge in [0.25, 0.3) is 0 Å². The van der Waals surface area contributed by atoms with Crippen LogP contribution in [0.15, 0.2) is 48.8 Å². The Labute approximate surface area is 148 Å². The molecule has 132 valence electrons. The van der Waals surface area contributed by atoms with E-state index in [0.29, 0.717) is 11.8 Å². The van der Waals surface area contributed by atoms with Crippen molar-refractivity contribution in [2.24, 2.45) is 0 Å². The molecule has 0 bridgehead atoms. The molecule has 2 N–H and O–H groups in total. The highest BCUT2D eigenvalue weighted by molar-refractivity contribution is 5.81. The minimum Gasteiger partial charge on any atom is -0.383 e. The van der Waals surface area contributed by atoms with E-state index in [4.69, 9.17) is 5.73 Å². The number of carbonyl (C=O) groups is 2. The number of pyridine rings is 3. The smallest absolute Gasteiger partial charge is 0.159 e. The summed E-state index contributed by atoms with van der Waals surface area (Å²) in [6, 6.07) is 11.2. The van der Waals surface area contributed by atoms with Crippen molar-refractivity contribution in [3.63, 3.8) is 0 Å². The highest BCUT2D eigenvalue weighted by Crippen LogP contribution is 2.07. The zero-order valence-electron chi connectivity index (χ0n) is 13.9. The summed E-state index contributed by atoms with van der Waals surface area (Å²) in [5, 5.41) is 1.10. The average molecular weight is 340 g/mol. The van der Waals surface area contributed by atoms with Crippen LogP contribution in [0.5, 0.6) is 0 Å². The Hall–Kier alpha value is -3.15. The maximum Gasteiger partial charge on any atom is 0.159 e. The lowest BCUT2D eigenvalue weighted by Gasteiger charge is -1.94. The van der Waals surface area contributed by atoms with Crippen molar-refractivity contribution in [2.75, 3.05) is 5.73 Å². The van der Waals surface area contributed by atoms with Crippen molar-refractivity contribution in [2.45, 2.75) is 28.2 Å². The Morgan fingerprint density at radius 3 is 2.20 bits per heavy atom. The Kier molecular flexibility index (Phi) is 9.96. The Morgan fingerprint density at radius 2 is 1.64 bits per heavy atom. The first-order valence-corrected chi connectivity index (χ1v) is 7.25. The van der Waals surface area contributed by atoms with E-state index in [-0.39, 0.29) is 19.0 Å². The van der Waals surface area contributed by atoms with E-state index in [1.165, 1.54) is 13.8 Å². The van der Waals surface area contributed by atoms with Crippen LogP contribution < -0.4 is 5.73 Å². The van der Waals surface area contributed by atoms with E-state index in [9.17, 15) is 9.59 Å². The zero-order chi connectivity index (χ0) is 17.9. The van der Waals surface area contributed by atoms with Crippen LogP contribution in [0, 0.1) is 6.92 Å². The molecule has 3 heterocycles. The molecule has 0 atom stereocenters. The maximum absolute atomic E-state index is 10.1. The summed E-state index contributed by atoms with van der Waals surface area (Å²) in [5.74, 6) is 0.451. The molecular weight excluding hydrogens is 316 g/mol. The number of aromatic nitrogens is 3. The zero-order valence-corrected chi connectivity index (χ0v) is 13.9. The third-order valence-electron chi connectivity index (χ3n) is 2.60. The topological polar surface area (TPSA) is 98.8 Å². The lowest BCUT2D eigenvalue weighted by atomic mass is 10.3. The molecule has 0 aliphatic rings. The second-order valence-electron chi connectivity index (χ2n) is 5.01.